The van der Waals surface area contributed by atoms with Crippen LogP contribution in [-0.2, 0) is 0 Å². The minimum Gasteiger partial charge on any atom is -0.365 e. The first-order chi connectivity index (χ1) is 20.5. The van der Waals surface area contributed by atoms with Crippen LogP contribution in [0, 0.1) is 0 Å². The largest absolute Gasteiger partial charge is 0.365 e. The summed E-state index contributed by atoms with van der Waals surface area (Å²) in [6.45, 7) is 35.4. The maximum absolute atomic E-state index is 3.41. The normalized spacial score (nSPS) is 10.7. The first kappa shape index (κ1) is 48.5. The Labute approximate surface area is 294 Å². The highest BCUT2D eigenvalue weighted by Crippen LogP contribution is 2.24. The highest BCUT2D eigenvalue weighted by Gasteiger charge is 2.10. The van der Waals surface area contributed by atoms with Gasteiger partial charge in [0.25, 0.3) is 0 Å². The Balaban J connectivity index is -0.000000538. The van der Waals surface area contributed by atoms with Gasteiger partial charge in [-0.2, -0.15) is 0 Å². The molecule has 4 rings (SSSR count). The molecule has 0 bridgehead atoms. The van der Waals surface area contributed by atoms with E-state index >= 15 is 0 Å². The fraction of sp³-hybridized carbons (Fsp3) is 0.628. The fourth-order valence-corrected chi connectivity index (χ4v) is 4.96. The fourth-order valence-electron chi connectivity index (χ4n) is 4.96. The molecule has 0 aliphatic carbocycles. The van der Waals surface area contributed by atoms with Gasteiger partial charge < -0.3 is 19.5 Å². The molecular formula is C43H80N4. The number of rotatable bonds is 8. The number of aromatic amines is 3. The van der Waals surface area contributed by atoms with Gasteiger partial charge >= 0.3 is 0 Å². The minimum absolute atomic E-state index is 0. The van der Waals surface area contributed by atoms with Crippen LogP contribution < -0.4 is 0 Å². The summed E-state index contributed by atoms with van der Waals surface area (Å²) in [4.78, 5) is 9.99. The molecule has 3 N–H and O–H groups in total. The highest BCUT2D eigenvalue weighted by molar-refractivity contribution is 5.26. The summed E-state index contributed by atoms with van der Waals surface area (Å²) < 4.78 is 2.32. The van der Waals surface area contributed by atoms with Crippen molar-refractivity contribution in [3.05, 3.63) is 94.6 Å². The van der Waals surface area contributed by atoms with E-state index < -0.39 is 0 Å². The summed E-state index contributed by atoms with van der Waals surface area (Å²) >= 11 is 0. The molecule has 4 nitrogen and oxygen atoms in total. The zero-order chi connectivity index (χ0) is 33.7. The van der Waals surface area contributed by atoms with Gasteiger partial charge in [-0.05, 0) is 103 Å². The monoisotopic (exact) mass is 653 g/mol. The number of nitrogens with one attached hydrogen (secondary N) is 3. The van der Waals surface area contributed by atoms with Gasteiger partial charge in [-0.25, -0.2) is 0 Å². The van der Waals surface area contributed by atoms with Crippen molar-refractivity contribution in [1.82, 2.24) is 19.5 Å². The Bertz CT molecular complexity index is 1090. The van der Waals surface area contributed by atoms with E-state index in [0.717, 1.165) is 0 Å². The van der Waals surface area contributed by atoms with Crippen LogP contribution in [0.15, 0.2) is 55.0 Å². The van der Waals surface area contributed by atoms with Crippen molar-refractivity contribution in [2.45, 2.75) is 181 Å². The van der Waals surface area contributed by atoms with Gasteiger partial charge in [-0.3, -0.25) is 0 Å². The van der Waals surface area contributed by atoms with Crippen molar-refractivity contribution in [1.29, 1.82) is 0 Å². The van der Waals surface area contributed by atoms with Crippen molar-refractivity contribution < 1.29 is 0 Å². The van der Waals surface area contributed by atoms with Crippen molar-refractivity contribution in [2.24, 2.45) is 0 Å². The van der Waals surface area contributed by atoms with Gasteiger partial charge in [-0.1, -0.05) is 119 Å². The van der Waals surface area contributed by atoms with Crippen molar-refractivity contribution >= 4 is 0 Å². The molecule has 47 heavy (non-hydrogen) atoms. The van der Waals surface area contributed by atoms with Gasteiger partial charge in [0.1, 0.15) is 0 Å². The second-order valence-electron chi connectivity index (χ2n) is 14.6. The Morgan fingerprint density at radius 1 is 0.511 bits per heavy atom. The van der Waals surface area contributed by atoms with Gasteiger partial charge in [0, 0.05) is 53.1 Å². The summed E-state index contributed by atoms with van der Waals surface area (Å²) in [5.41, 5.74) is 9.71. The van der Waals surface area contributed by atoms with E-state index in [-0.39, 0.29) is 22.3 Å². The number of aromatic nitrogens is 4. The average molecular weight is 653 g/mol. The van der Waals surface area contributed by atoms with Crippen LogP contribution in [0.3, 0.4) is 0 Å². The molecule has 0 aliphatic rings. The van der Waals surface area contributed by atoms with E-state index in [4.69, 9.17) is 0 Å². The summed E-state index contributed by atoms with van der Waals surface area (Å²) in [6.07, 6.45) is 6.30. The molecule has 0 radical (unpaired) electrons. The van der Waals surface area contributed by atoms with E-state index in [2.05, 4.69) is 179 Å². The molecule has 4 aromatic rings. The standard InChI is InChI=1S/4C10H17N.3CH4/c1-7(2)9-5-10(8(3)4)11-6-9;1-8(2)10-6-5-7-11(10)9(3)4;1-7(2)9-5-6-11-10(9)8(3)4;1-7(2)9-5-6-10(11-9)8(3)4;;;/h5-8,11H,1-4H3;5-9H,1-4H3;2*5-8,11H,1-4H3;3*1H4. The molecule has 4 heteroatoms. The second kappa shape index (κ2) is 23.4. The Morgan fingerprint density at radius 3 is 1.30 bits per heavy atom. The van der Waals surface area contributed by atoms with E-state index in [0.29, 0.717) is 47.5 Å². The van der Waals surface area contributed by atoms with E-state index in [9.17, 15) is 0 Å². The van der Waals surface area contributed by atoms with Crippen molar-refractivity contribution in [2.75, 3.05) is 0 Å². The highest BCUT2D eigenvalue weighted by atomic mass is 15.0. The maximum atomic E-state index is 3.41. The molecule has 4 aromatic heterocycles. The third-order valence-electron chi connectivity index (χ3n) is 7.96. The van der Waals surface area contributed by atoms with Gasteiger partial charge in [0.05, 0.1) is 0 Å². The maximum Gasteiger partial charge on any atom is 0.0276 e. The van der Waals surface area contributed by atoms with E-state index in [1.54, 1.807) is 0 Å². The Hall–Kier alpha value is -2.88. The topological polar surface area (TPSA) is 52.3 Å². The van der Waals surface area contributed by atoms with Crippen LogP contribution in [0.1, 0.15) is 220 Å². The molecule has 0 fully saturated rings. The summed E-state index contributed by atoms with van der Waals surface area (Å²) in [5, 5.41) is 0. The van der Waals surface area contributed by atoms with Crippen LogP contribution >= 0.6 is 0 Å². The third-order valence-corrected chi connectivity index (χ3v) is 7.96. The van der Waals surface area contributed by atoms with E-state index in [1.165, 1.54) is 39.6 Å². The molecule has 0 aromatic carbocycles. The molecule has 4 heterocycles. The van der Waals surface area contributed by atoms with Crippen LogP contribution in [0.5, 0.6) is 0 Å². The summed E-state index contributed by atoms with van der Waals surface area (Å²) in [6, 6.07) is 13.7. The van der Waals surface area contributed by atoms with Crippen LogP contribution in [-0.4, -0.2) is 19.5 Å². The predicted molar refractivity (Wildman–Crippen MR) is 216 cm³/mol. The quantitative estimate of drug-likeness (QED) is 0.170. The first-order valence-electron chi connectivity index (χ1n) is 17.2. The first-order valence-corrected chi connectivity index (χ1v) is 17.2. The zero-order valence-electron chi connectivity index (χ0n) is 31.3. The number of hydrogen-bond acceptors (Lipinski definition) is 0. The SMILES string of the molecule is C.C.C.CC(C)c1c[nH]c(C(C)C)c1.CC(C)c1cc[nH]c1C(C)C.CC(C)c1ccc(C(C)C)[nH]1.CC(C)c1cccn1C(C)C. The smallest absolute Gasteiger partial charge is 0.0276 e. The number of nitrogens with zero attached hydrogens (tertiary/aromatic N) is 1. The number of hydrogen-bond donors (Lipinski definition) is 3. The average Bonchev–Trinajstić information content (AvgIpc) is 3.75. The molecule has 272 valence electrons. The lowest BCUT2D eigenvalue weighted by Gasteiger charge is -2.14. The zero-order valence-corrected chi connectivity index (χ0v) is 31.3. The minimum atomic E-state index is 0. The predicted octanol–water partition coefficient (Wildman–Crippen LogP) is 14.9. The summed E-state index contributed by atoms with van der Waals surface area (Å²) in [5.74, 6) is 4.36. The Kier molecular flexibility index (Phi) is 24.2. The molecule has 0 amide bonds. The molecule has 0 unspecified atom stereocenters. The van der Waals surface area contributed by atoms with Crippen LogP contribution in [0.2, 0.25) is 0 Å². The number of H-pyrrole nitrogens is 3. The lowest BCUT2D eigenvalue weighted by molar-refractivity contribution is 0.560. The molecule has 0 aliphatic heterocycles. The lowest BCUT2D eigenvalue weighted by Crippen LogP contribution is -2.04. The molecule has 0 spiro atoms. The summed E-state index contributed by atoms with van der Waals surface area (Å²) in [7, 11) is 0. The van der Waals surface area contributed by atoms with Crippen LogP contribution in [0.4, 0.5) is 0 Å². The van der Waals surface area contributed by atoms with Gasteiger partial charge in [0.2, 0.25) is 0 Å². The lowest BCUT2D eigenvalue weighted by atomic mass is 9.98. The van der Waals surface area contributed by atoms with Gasteiger partial charge in [0.15, 0.2) is 0 Å². The molecule has 0 saturated carbocycles. The van der Waals surface area contributed by atoms with Crippen LogP contribution in [0.25, 0.3) is 0 Å². The molecular weight excluding hydrogens is 573 g/mol. The van der Waals surface area contributed by atoms with E-state index in [1.807, 2.05) is 6.20 Å². The van der Waals surface area contributed by atoms with Crippen molar-refractivity contribution in [3.63, 3.8) is 0 Å². The molecule has 0 atom stereocenters. The van der Waals surface area contributed by atoms with Gasteiger partial charge in [-0.15, -0.1) is 0 Å². The Morgan fingerprint density at radius 2 is 1.02 bits per heavy atom. The second-order valence-corrected chi connectivity index (χ2v) is 14.6. The van der Waals surface area contributed by atoms with Crippen molar-refractivity contribution in [3.8, 4) is 0 Å². The third kappa shape index (κ3) is 16.2. The molecule has 0 saturated heterocycles.